The van der Waals surface area contributed by atoms with Crippen molar-refractivity contribution in [3.05, 3.63) is 70.3 Å². The summed E-state index contributed by atoms with van der Waals surface area (Å²) in [6, 6.07) is 13.9. The first-order valence-corrected chi connectivity index (χ1v) is 6.69. The number of H-pyrrole nitrogens is 1. The molecule has 0 amide bonds. The molecule has 0 bridgehead atoms. The van der Waals surface area contributed by atoms with E-state index in [1.165, 1.54) is 9.96 Å². The molecule has 4 aromatic rings. The van der Waals surface area contributed by atoms with E-state index < -0.39 is 0 Å². The van der Waals surface area contributed by atoms with Crippen LogP contribution in [0.15, 0.2) is 53.5 Å². The molecule has 8 heteroatoms. The highest BCUT2D eigenvalue weighted by molar-refractivity contribution is 5.42. The molecule has 3 heterocycles. The Bertz CT molecular complexity index is 970. The van der Waals surface area contributed by atoms with Crippen molar-refractivity contribution in [3.63, 3.8) is 0 Å². The Morgan fingerprint density at radius 2 is 1.95 bits per heavy atom. The molecule has 0 aliphatic heterocycles. The van der Waals surface area contributed by atoms with E-state index in [0.29, 0.717) is 5.65 Å². The van der Waals surface area contributed by atoms with Gasteiger partial charge in [-0.05, 0) is 34.9 Å². The highest BCUT2D eigenvalue weighted by Crippen LogP contribution is 2.10. The fourth-order valence-corrected chi connectivity index (χ4v) is 2.33. The Labute approximate surface area is 124 Å². The maximum absolute atomic E-state index is 12.2. The number of aromatic amines is 1. The van der Waals surface area contributed by atoms with Crippen LogP contribution >= 0.6 is 0 Å². The van der Waals surface area contributed by atoms with Gasteiger partial charge < -0.3 is 0 Å². The number of hydrogen-bond acceptors (Lipinski definition) is 5. The molecule has 0 radical (unpaired) electrons. The number of aromatic nitrogens is 7. The van der Waals surface area contributed by atoms with Crippen LogP contribution in [0.2, 0.25) is 0 Å². The summed E-state index contributed by atoms with van der Waals surface area (Å²) in [4.78, 5) is 12.2. The first kappa shape index (κ1) is 12.5. The third-order valence-corrected chi connectivity index (χ3v) is 3.36. The number of hydrogen-bond donors (Lipinski definition) is 1. The standard InChI is InChI=1S/C14H11N7O/c22-14-20-7-6-11(8-10-4-2-1-3-5-10)9-12(20)17-21(14)13-15-18-19-16-13/h1-7,9H,8H2,(H,15,16,18,19). The molecule has 3 aromatic heterocycles. The Hall–Kier alpha value is -3.29. The van der Waals surface area contributed by atoms with Crippen molar-refractivity contribution in [2.45, 2.75) is 6.42 Å². The normalized spacial score (nSPS) is 11.1. The van der Waals surface area contributed by atoms with E-state index in [4.69, 9.17) is 0 Å². The summed E-state index contributed by atoms with van der Waals surface area (Å²) in [6.45, 7) is 0. The summed E-state index contributed by atoms with van der Waals surface area (Å²) in [5.74, 6) is 0.123. The van der Waals surface area contributed by atoms with E-state index in [9.17, 15) is 4.79 Å². The third kappa shape index (κ3) is 2.06. The van der Waals surface area contributed by atoms with E-state index >= 15 is 0 Å². The predicted molar refractivity (Wildman–Crippen MR) is 77.8 cm³/mol. The monoisotopic (exact) mass is 293 g/mol. The van der Waals surface area contributed by atoms with Crippen molar-refractivity contribution in [1.82, 2.24) is 34.8 Å². The number of fused-ring (bicyclic) bond motifs is 1. The topological polar surface area (TPSA) is 93.8 Å². The smallest absolute Gasteiger partial charge is 0.250 e. The fourth-order valence-electron chi connectivity index (χ4n) is 2.33. The zero-order valence-electron chi connectivity index (χ0n) is 11.4. The van der Waals surface area contributed by atoms with Crippen LogP contribution in [0.4, 0.5) is 0 Å². The van der Waals surface area contributed by atoms with Crippen molar-refractivity contribution in [2.75, 3.05) is 0 Å². The number of tetrazole rings is 1. The molecule has 4 rings (SSSR count). The molecule has 0 saturated heterocycles. The molecule has 1 aromatic carbocycles. The van der Waals surface area contributed by atoms with Gasteiger partial charge in [-0.3, -0.25) is 0 Å². The minimum atomic E-state index is -0.331. The molecule has 22 heavy (non-hydrogen) atoms. The number of nitrogens with one attached hydrogen (secondary N) is 1. The zero-order valence-corrected chi connectivity index (χ0v) is 11.4. The third-order valence-electron chi connectivity index (χ3n) is 3.36. The van der Waals surface area contributed by atoms with Gasteiger partial charge in [0.2, 0.25) is 0 Å². The Morgan fingerprint density at radius 3 is 2.73 bits per heavy atom. The largest absolute Gasteiger partial charge is 0.357 e. The second kappa shape index (κ2) is 4.92. The lowest BCUT2D eigenvalue weighted by molar-refractivity contribution is 0.779. The first-order chi connectivity index (χ1) is 10.8. The molecular weight excluding hydrogens is 282 g/mol. The molecule has 0 aliphatic rings. The van der Waals surface area contributed by atoms with Gasteiger partial charge in [-0.2, -0.15) is 5.21 Å². The van der Waals surface area contributed by atoms with Crippen LogP contribution in [0, 0.1) is 0 Å². The lowest BCUT2D eigenvalue weighted by Gasteiger charge is -2.01. The molecule has 0 saturated carbocycles. The average Bonchev–Trinajstić information content (AvgIpc) is 3.17. The van der Waals surface area contributed by atoms with Gasteiger partial charge in [0.05, 0.1) is 0 Å². The number of rotatable bonds is 3. The fraction of sp³-hybridized carbons (Fsp3) is 0.0714. The van der Waals surface area contributed by atoms with Crippen LogP contribution in [0.3, 0.4) is 0 Å². The van der Waals surface area contributed by atoms with Crippen molar-refractivity contribution >= 4 is 5.65 Å². The quantitative estimate of drug-likeness (QED) is 0.596. The summed E-state index contributed by atoms with van der Waals surface area (Å²) in [5, 5.41) is 17.5. The highest BCUT2D eigenvalue weighted by Gasteiger charge is 2.12. The van der Waals surface area contributed by atoms with Crippen molar-refractivity contribution < 1.29 is 0 Å². The molecule has 0 fully saturated rings. The van der Waals surface area contributed by atoms with Gasteiger partial charge in [0.1, 0.15) is 0 Å². The van der Waals surface area contributed by atoms with Gasteiger partial charge >= 0.3 is 5.69 Å². The summed E-state index contributed by atoms with van der Waals surface area (Å²) in [6.07, 6.45) is 2.49. The van der Waals surface area contributed by atoms with Gasteiger partial charge in [-0.15, -0.1) is 14.9 Å². The summed E-state index contributed by atoms with van der Waals surface area (Å²) < 4.78 is 2.57. The summed E-state index contributed by atoms with van der Waals surface area (Å²) in [7, 11) is 0. The van der Waals surface area contributed by atoms with E-state index in [1.54, 1.807) is 6.20 Å². The van der Waals surface area contributed by atoms with E-state index in [0.717, 1.165) is 16.7 Å². The van der Waals surface area contributed by atoms with Crippen LogP contribution in [-0.2, 0) is 6.42 Å². The lowest BCUT2D eigenvalue weighted by Crippen LogP contribution is -2.20. The second-order valence-corrected chi connectivity index (χ2v) is 4.83. The molecule has 0 unspecified atom stereocenters. The summed E-state index contributed by atoms with van der Waals surface area (Å²) in [5.41, 5.74) is 2.49. The average molecular weight is 293 g/mol. The SMILES string of the molecule is O=c1n(-c2nn[nH]n2)nc2cc(Cc3ccccc3)ccn12. The number of benzene rings is 1. The Kier molecular flexibility index (Phi) is 2.78. The van der Waals surface area contributed by atoms with Gasteiger partial charge in [-0.1, -0.05) is 35.4 Å². The van der Waals surface area contributed by atoms with Crippen LogP contribution in [0.1, 0.15) is 11.1 Å². The maximum atomic E-state index is 12.2. The Balaban J connectivity index is 1.77. The molecule has 0 aliphatic carbocycles. The lowest BCUT2D eigenvalue weighted by atomic mass is 10.1. The molecule has 0 atom stereocenters. The Morgan fingerprint density at radius 1 is 1.09 bits per heavy atom. The van der Waals surface area contributed by atoms with Gasteiger partial charge in [-0.25, -0.2) is 9.20 Å². The van der Waals surface area contributed by atoms with Crippen LogP contribution in [0.25, 0.3) is 11.6 Å². The van der Waals surface area contributed by atoms with Crippen LogP contribution in [-0.4, -0.2) is 34.8 Å². The van der Waals surface area contributed by atoms with Crippen molar-refractivity contribution in [2.24, 2.45) is 0 Å². The zero-order chi connectivity index (χ0) is 14.9. The molecular formula is C14H11N7O. The molecule has 1 N–H and O–H groups in total. The van der Waals surface area contributed by atoms with Gasteiger partial charge in [0, 0.05) is 6.20 Å². The van der Waals surface area contributed by atoms with Crippen LogP contribution < -0.4 is 5.69 Å². The first-order valence-electron chi connectivity index (χ1n) is 6.69. The number of nitrogens with zero attached hydrogens (tertiary/aromatic N) is 6. The van der Waals surface area contributed by atoms with Gasteiger partial charge in [0.15, 0.2) is 5.65 Å². The molecule has 8 nitrogen and oxygen atoms in total. The van der Waals surface area contributed by atoms with Crippen molar-refractivity contribution in [1.29, 1.82) is 0 Å². The summed E-state index contributed by atoms with van der Waals surface area (Å²) >= 11 is 0. The minimum Gasteiger partial charge on any atom is -0.250 e. The predicted octanol–water partition coefficient (Wildman–Crippen LogP) is 0.589. The van der Waals surface area contributed by atoms with E-state index in [1.807, 2.05) is 30.3 Å². The molecule has 0 spiro atoms. The molecule has 108 valence electrons. The number of pyridine rings is 1. The second-order valence-electron chi connectivity index (χ2n) is 4.83. The maximum Gasteiger partial charge on any atom is 0.357 e. The van der Waals surface area contributed by atoms with E-state index in [2.05, 4.69) is 37.9 Å². The van der Waals surface area contributed by atoms with Crippen molar-refractivity contribution in [3.8, 4) is 5.95 Å². The minimum absolute atomic E-state index is 0.123. The van der Waals surface area contributed by atoms with E-state index in [-0.39, 0.29) is 11.6 Å². The van der Waals surface area contributed by atoms with Gasteiger partial charge in [0.25, 0.3) is 5.95 Å². The highest BCUT2D eigenvalue weighted by atomic mass is 16.2. The van der Waals surface area contributed by atoms with Crippen LogP contribution in [0.5, 0.6) is 0 Å².